The molecule has 1 aromatic carbocycles. The van der Waals surface area contributed by atoms with E-state index in [1.54, 1.807) is 6.92 Å². The molecule has 70 valence electrons. The van der Waals surface area contributed by atoms with Crippen molar-refractivity contribution in [1.29, 1.82) is 0 Å². The van der Waals surface area contributed by atoms with Crippen molar-refractivity contribution in [1.82, 2.24) is 0 Å². The van der Waals surface area contributed by atoms with Gasteiger partial charge in [0, 0.05) is 5.88 Å². The predicted octanol–water partition coefficient (Wildman–Crippen LogP) is 3.29. The maximum atomic E-state index is 10.9. The molecule has 1 nitrogen and oxygen atoms in total. The van der Waals surface area contributed by atoms with Gasteiger partial charge in [-0.15, -0.1) is 11.6 Å². The molecule has 0 saturated carbocycles. The molecule has 0 aromatic heterocycles. The SMILES string of the molecule is C[C@@H](C(=O)Cl)c1ccccc1CCl. The largest absolute Gasteiger partial charge is 0.281 e. The zero-order valence-electron chi connectivity index (χ0n) is 7.26. The molecule has 0 saturated heterocycles. The summed E-state index contributed by atoms with van der Waals surface area (Å²) in [6.07, 6.45) is 0. The summed E-state index contributed by atoms with van der Waals surface area (Å²) in [5.41, 5.74) is 1.88. The van der Waals surface area contributed by atoms with Crippen LogP contribution in [0.2, 0.25) is 0 Å². The van der Waals surface area contributed by atoms with Gasteiger partial charge in [-0.05, 0) is 22.7 Å². The lowest BCUT2D eigenvalue weighted by Crippen LogP contribution is -2.04. The molecule has 0 aliphatic carbocycles. The Morgan fingerprint density at radius 3 is 2.62 bits per heavy atom. The molecule has 0 radical (unpaired) electrons. The zero-order chi connectivity index (χ0) is 9.84. The highest BCUT2D eigenvalue weighted by atomic mass is 35.5. The van der Waals surface area contributed by atoms with Gasteiger partial charge in [-0.25, -0.2) is 0 Å². The molecule has 0 bridgehead atoms. The van der Waals surface area contributed by atoms with E-state index >= 15 is 0 Å². The summed E-state index contributed by atoms with van der Waals surface area (Å²) in [6.45, 7) is 1.78. The second kappa shape index (κ2) is 4.64. The van der Waals surface area contributed by atoms with Gasteiger partial charge in [-0.3, -0.25) is 4.79 Å². The summed E-state index contributed by atoms with van der Waals surface area (Å²) in [4.78, 5) is 10.9. The van der Waals surface area contributed by atoms with Crippen LogP contribution in [-0.4, -0.2) is 5.24 Å². The van der Waals surface area contributed by atoms with Crippen LogP contribution in [0.5, 0.6) is 0 Å². The molecule has 0 amide bonds. The first kappa shape index (κ1) is 10.6. The third-order valence-electron chi connectivity index (χ3n) is 2.01. The Hall–Kier alpha value is -0.530. The quantitative estimate of drug-likeness (QED) is 0.560. The molecule has 0 aliphatic rings. The van der Waals surface area contributed by atoms with E-state index in [9.17, 15) is 4.79 Å². The van der Waals surface area contributed by atoms with Gasteiger partial charge in [0.05, 0.1) is 5.92 Å². The van der Waals surface area contributed by atoms with Gasteiger partial charge in [0.2, 0.25) is 5.24 Å². The molecule has 1 atom stereocenters. The van der Waals surface area contributed by atoms with Gasteiger partial charge >= 0.3 is 0 Å². The average molecular weight is 217 g/mol. The minimum atomic E-state index is -0.349. The Kier molecular flexibility index (Phi) is 3.76. The minimum Gasteiger partial charge on any atom is -0.281 e. The van der Waals surface area contributed by atoms with E-state index in [-0.39, 0.29) is 11.2 Å². The minimum absolute atomic E-state index is 0.281. The predicted molar refractivity (Wildman–Crippen MR) is 55.3 cm³/mol. The fraction of sp³-hybridized carbons (Fsp3) is 0.300. The zero-order valence-corrected chi connectivity index (χ0v) is 8.77. The van der Waals surface area contributed by atoms with Crippen LogP contribution in [-0.2, 0) is 10.7 Å². The molecule has 0 fully saturated rings. The smallest absolute Gasteiger partial charge is 0.228 e. The first-order valence-electron chi connectivity index (χ1n) is 4.00. The molecular weight excluding hydrogens is 207 g/mol. The van der Waals surface area contributed by atoms with Crippen molar-refractivity contribution >= 4 is 28.4 Å². The summed E-state index contributed by atoms with van der Waals surface area (Å²) < 4.78 is 0. The summed E-state index contributed by atoms with van der Waals surface area (Å²) in [5, 5.41) is -0.349. The highest BCUT2D eigenvalue weighted by molar-refractivity contribution is 6.64. The Labute approximate surface area is 87.7 Å². The lowest BCUT2D eigenvalue weighted by molar-refractivity contribution is -0.112. The molecule has 1 rings (SSSR count). The summed E-state index contributed by atoms with van der Waals surface area (Å²) in [7, 11) is 0. The molecular formula is C10H10Cl2O. The maximum absolute atomic E-state index is 10.9. The van der Waals surface area contributed by atoms with Gasteiger partial charge in [0.1, 0.15) is 0 Å². The second-order valence-electron chi connectivity index (χ2n) is 2.86. The molecule has 3 heteroatoms. The highest BCUT2D eigenvalue weighted by Crippen LogP contribution is 2.23. The van der Waals surface area contributed by atoms with E-state index < -0.39 is 0 Å². The fourth-order valence-corrected chi connectivity index (χ4v) is 1.56. The Morgan fingerprint density at radius 1 is 1.46 bits per heavy atom. The first-order chi connectivity index (χ1) is 6.16. The maximum Gasteiger partial charge on any atom is 0.228 e. The number of halogens is 2. The highest BCUT2D eigenvalue weighted by Gasteiger charge is 2.15. The van der Waals surface area contributed by atoms with Crippen molar-refractivity contribution in [3.05, 3.63) is 35.4 Å². The Bertz CT molecular complexity index is 310. The molecule has 0 spiro atoms. The van der Waals surface area contributed by atoms with Crippen LogP contribution >= 0.6 is 23.2 Å². The van der Waals surface area contributed by atoms with Crippen LogP contribution in [0.15, 0.2) is 24.3 Å². The van der Waals surface area contributed by atoms with Gasteiger partial charge < -0.3 is 0 Å². The van der Waals surface area contributed by atoms with Crippen LogP contribution in [0.4, 0.5) is 0 Å². The van der Waals surface area contributed by atoms with Crippen molar-refractivity contribution in [2.24, 2.45) is 0 Å². The van der Waals surface area contributed by atoms with E-state index in [0.29, 0.717) is 5.88 Å². The average Bonchev–Trinajstić information content (AvgIpc) is 2.16. The van der Waals surface area contributed by atoms with Crippen molar-refractivity contribution in [3.8, 4) is 0 Å². The molecule has 13 heavy (non-hydrogen) atoms. The summed E-state index contributed by atoms with van der Waals surface area (Å²) >= 11 is 11.1. The molecule has 1 aromatic rings. The molecule has 0 N–H and O–H groups in total. The number of benzene rings is 1. The Morgan fingerprint density at radius 2 is 2.08 bits per heavy atom. The van der Waals surface area contributed by atoms with E-state index in [1.165, 1.54) is 0 Å². The lowest BCUT2D eigenvalue weighted by Gasteiger charge is -2.10. The number of carbonyl (C=O) groups excluding carboxylic acids is 1. The van der Waals surface area contributed by atoms with Gasteiger partial charge in [-0.2, -0.15) is 0 Å². The number of alkyl halides is 1. The van der Waals surface area contributed by atoms with E-state index in [1.807, 2.05) is 24.3 Å². The van der Waals surface area contributed by atoms with Gasteiger partial charge in [0.25, 0.3) is 0 Å². The van der Waals surface area contributed by atoms with Crippen molar-refractivity contribution in [3.63, 3.8) is 0 Å². The van der Waals surface area contributed by atoms with Crippen LogP contribution in [0.1, 0.15) is 24.0 Å². The first-order valence-corrected chi connectivity index (χ1v) is 4.91. The van der Waals surface area contributed by atoms with Crippen molar-refractivity contribution in [2.45, 2.75) is 18.7 Å². The topological polar surface area (TPSA) is 17.1 Å². The molecule has 0 heterocycles. The standard InChI is InChI=1S/C10H10Cl2O/c1-7(10(12)13)9-5-3-2-4-8(9)6-11/h2-5,7H,6H2,1H3/t7-/m1/s1. The van der Waals surface area contributed by atoms with Crippen LogP contribution in [0, 0.1) is 0 Å². The van der Waals surface area contributed by atoms with Crippen molar-refractivity contribution in [2.75, 3.05) is 0 Å². The summed E-state index contributed by atoms with van der Waals surface area (Å²) in [5.74, 6) is 0.127. The van der Waals surface area contributed by atoms with Crippen LogP contribution in [0.3, 0.4) is 0 Å². The molecule has 0 unspecified atom stereocenters. The third-order valence-corrected chi connectivity index (χ3v) is 2.62. The lowest BCUT2D eigenvalue weighted by atomic mass is 9.98. The molecule has 0 aliphatic heterocycles. The van der Waals surface area contributed by atoms with Crippen molar-refractivity contribution < 1.29 is 4.79 Å². The Balaban J connectivity index is 3.05. The number of rotatable bonds is 3. The second-order valence-corrected chi connectivity index (χ2v) is 3.50. The van der Waals surface area contributed by atoms with Gasteiger partial charge in [-0.1, -0.05) is 31.2 Å². The van der Waals surface area contributed by atoms with E-state index in [2.05, 4.69) is 0 Å². The number of hydrogen-bond acceptors (Lipinski definition) is 1. The normalized spacial score (nSPS) is 12.5. The van der Waals surface area contributed by atoms with E-state index in [0.717, 1.165) is 11.1 Å². The van der Waals surface area contributed by atoms with E-state index in [4.69, 9.17) is 23.2 Å². The van der Waals surface area contributed by atoms with Gasteiger partial charge in [0.15, 0.2) is 0 Å². The monoisotopic (exact) mass is 216 g/mol. The number of hydrogen-bond donors (Lipinski definition) is 0. The summed E-state index contributed by atoms with van der Waals surface area (Å²) in [6, 6.07) is 7.55. The third kappa shape index (κ3) is 2.45. The number of carbonyl (C=O) groups is 1. The van der Waals surface area contributed by atoms with Crippen LogP contribution in [0.25, 0.3) is 0 Å². The fourth-order valence-electron chi connectivity index (χ4n) is 1.20. The van der Waals surface area contributed by atoms with Crippen LogP contribution < -0.4 is 0 Å².